The zero-order chi connectivity index (χ0) is 27.7. The molecule has 38 heavy (non-hydrogen) atoms. The molecule has 16 heteroatoms. The molecule has 200 valence electrons. The van der Waals surface area contributed by atoms with Crippen LogP contribution in [0.15, 0.2) is 48.9 Å². The summed E-state index contributed by atoms with van der Waals surface area (Å²) in [5.74, 6) is -1.26. The highest BCUT2D eigenvalue weighted by molar-refractivity contribution is 6.13. The molecule has 3 heterocycles. The van der Waals surface area contributed by atoms with Gasteiger partial charge in [0, 0.05) is 24.5 Å². The van der Waals surface area contributed by atoms with E-state index in [1.54, 1.807) is 0 Å². The molecular weight excluding hydrogens is 524 g/mol. The van der Waals surface area contributed by atoms with Crippen LogP contribution in [0.3, 0.4) is 0 Å². The Bertz CT molecular complexity index is 1340. The molecule has 10 nitrogen and oxygen atoms in total. The fourth-order valence-corrected chi connectivity index (χ4v) is 3.61. The predicted octanol–water partition coefficient (Wildman–Crippen LogP) is 3.07. The summed E-state index contributed by atoms with van der Waals surface area (Å²) >= 11 is 0. The van der Waals surface area contributed by atoms with Crippen molar-refractivity contribution in [3.8, 4) is 11.4 Å². The molecule has 0 atom stereocenters. The zero-order valence-electron chi connectivity index (χ0n) is 19.1. The lowest BCUT2D eigenvalue weighted by atomic mass is 10.0. The molecule has 0 aliphatic carbocycles. The van der Waals surface area contributed by atoms with Crippen molar-refractivity contribution in [1.82, 2.24) is 34.5 Å². The zero-order valence-corrected chi connectivity index (χ0v) is 19.1. The fraction of sp³-hybridized carbons (Fsp3) is 0.273. The maximum Gasteiger partial charge on any atom is 0.416 e. The van der Waals surface area contributed by atoms with Crippen LogP contribution in [0, 0.1) is 0 Å². The molecule has 3 amide bonds. The Balaban J connectivity index is 1.68. The number of imide groups is 1. The summed E-state index contributed by atoms with van der Waals surface area (Å²) in [6.07, 6.45) is -3.50. The highest BCUT2D eigenvalue weighted by Gasteiger charge is 2.41. The third kappa shape index (κ3) is 5.64. The van der Waals surface area contributed by atoms with Gasteiger partial charge in [0.05, 0.1) is 30.5 Å². The van der Waals surface area contributed by atoms with E-state index in [2.05, 4.69) is 20.1 Å². The van der Waals surface area contributed by atoms with Crippen molar-refractivity contribution in [3.05, 3.63) is 65.6 Å². The number of rotatable bonds is 7. The number of urea groups is 1. The van der Waals surface area contributed by atoms with Crippen molar-refractivity contribution in [2.45, 2.75) is 18.8 Å². The number of aromatic nitrogens is 5. The molecule has 2 aromatic heterocycles. The monoisotopic (exact) mass is 541 g/mol. The second-order valence-corrected chi connectivity index (χ2v) is 7.97. The molecule has 1 aromatic carbocycles. The molecule has 0 bridgehead atoms. The van der Waals surface area contributed by atoms with Crippen molar-refractivity contribution in [2.75, 3.05) is 19.7 Å². The molecule has 1 saturated heterocycles. The average Bonchev–Trinajstić information content (AvgIpc) is 3.41. The van der Waals surface area contributed by atoms with E-state index in [0.29, 0.717) is 17.7 Å². The number of carbonyl (C=O) groups excluding carboxylic acids is 2. The highest BCUT2D eigenvalue weighted by Crippen LogP contribution is 2.38. The Morgan fingerprint density at radius 2 is 1.53 bits per heavy atom. The lowest BCUT2D eigenvalue weighted by Gasteiger charge is -2.16. The van der Waals surface area contributed by atoms with Crippen molar-refractivity contribution in [3.63, 3.8) is 0 Å². The molecule has 1 aliphatic heterocycles. The normalized spacial score (nSPS) is 15.7. The van der Waals surface area contributed by atoms with Crippen LogP contribution in [-0.2, 0) is 23.6 Å². The van der Waals surface area contributed by atoms with Crippen LogP contribution >= 0.6 is 0 Å². The van der Waals surface area contributed by atoms with E-state index in [9.17, 15) is 41.0 Å². The second kappa shape index (κ2) is 10.2. The maximum absolute atomic E-state index is 13.2. The van der Waals surface area contributed by atoms with Gasteiger partial charge in [-0.05, 0) is 30.2 Å². The molecule has 0 radical (unpaired) electrons. The van der Waals surface area contributed by atoms with E-state index in [4.69, 9.17) is 0 Å². The number of aliphatic hydroxyl groups excluding tert-OH is 1. The average molecular weight is 541 g/mol. The number of aliphatic hydroxyl groups is 1. The summed E-state index contributed by atoms with van der Waals surface area (Å²) in [7, 11) is 0. The SMILES string of the molecule is O=C1/C(=C/n2cnc(-c3cc(C(F)(F)F)cc(C(F)(F)F)c3)n2)N(CCc2cncnc2)C(=O)N1CCO. The number of alkyl halides is 6. The number of hydrogen-bond donors (Lipinski definition) is 1. The van der Waals surface area contributed by atoms with Crippen molar-refractivity contribution < 1.29 is 41.0 Å². The highest BCUT2D eigenvalue weighted by atomic mass is 19.4. The first-order valence-corrected chi connectivity index (χ1v) is 10.8. The second-order valence-electron chi connectivity index (χ2n) is 7.97. The topological polar surface area (TPSA) is 117 Å². The van der Waals surface area contributed by atoms with Crippen LogP contribution in [0.1, 0.15) is 16.7 Å². The van der Waals surface area contributed by atoms with Crippen LogP contribution in [0.25, 0.3) is 17.6 Å². The van der Waals surface area contributed by atoms with Gasteiger partial charge in [0.25, 0.3) is 5.91 Å². The lowest BCUT2D eigenvalue weighted by molar-refractivity contribution is -0.143. The summed E-state index contributed by atoms with van der Waals surface area (Å²) < 4.78 is 80.2. The first-order valence-electron chi connectivity index (χ1n) is 10.8. The number of β-amino-alcohol motifs (C(OH)–C–C–N with tert-alkyl or cyclic N) is 1. The smallest absolute Gasteiger partial charge is 0.395 e. The van der Waals surface area contributed by atoms with E-state index in [-0.39, 0.29) is 31.3 Å². The van der Waals surface area contributed by atoms with E-state index < -0.39 is 53.4 Å². The molecular formula is C22H17F6N7O3. The molecule has 0 unspecified atom stereocenters. The minimum absolute atomic E-state index is 0.00413. The summed E-state index contributed by atoms with van der Waals surface area (Å²) in [5.41, 5.74) is -3.17. The van der Waals surface area contributed by atoms with E-state index in [0.717, 1.165) is 27.0 Å². The third-order valence-corrected chi connectivity index (χ3v) is 5.39. The summed E-state index contributed by atoms with van der Waals surface area (Å²) in [5, 5.41) is 13.1. The van der Waals surface area contributed by atoms with Gasteiger partial charge in [-0.15, -0.1) is 5.10 Å². The lowest BCUT2D eigenvalue weighted by Crippen LogP contribution is -2.35. The maximum atomic E-state index is 13.2. The minimum atomic E-state index is -5.06. The Labute approximate surface area is 209 Å². The minimum Gasteiger partial charge on any atom is -0.395 e. The molecule has 1 fully saturated rings. The first-order chi connectivity index (χ1) is 17.9. The van der Waals surface area contributed by atoms with Crippen LogP contribution < -0.4 is 0 Å². The quantitative estimate of drug-likeness (QED) is 0.278. The molecule has 3 aromatic rings. The van der Waals surface area contributed by atoms with Gasteiger partial charge in [-0.1, -0.05) is 0 Å². The number of nitrogens with zero attached hydrogens (tertiary/aromatic N) is 7. The Morgan fingerprint density at radius 1 is 0.895 bits per heavy atom. The van der Waals surface area contributed by atoms with Gasteiger partial charge in [-0.25, -0.2) is 24.4 Å². The van der Waals surface area contributed by atoms with E-state index >= 15 is 0 Å². The molecule has 1 N–H and O–H groups in total. The molecule has 0 saturated carbocycles. The van der Waals surface area contributed by atoms with Gasteiger partial charge in [0.15, 0.2) is 5.82 Å². The van der Waals surface area contributed by atoms with Gasteiger partial charge in [0.1, 0.15) is 18.4 Å². The number of carbonyl (C=O) groups is 2. The van der Waals surface area contributed by atoms with Gasteiger partial charge in [0.2, 0.25) is 0 Å². The van der Waals surface area contributed by atoms with Crippen LogP contribution in [0.4, 0.5) is 31.1 Å². The Hall–Kier alpha value is -4.34. The Morgan fingerprint density at radius 3 is 2.11 bits per heavy atom. The fourth-order valence-electron chi connectivity index (χ4n) is 3.61. The molecule has 1 aliphatic rings. The Kier molecular flexibility index (Phi) is 7.17. The van der Waals surface area contributed by atoms with Crippen molar-refractivity contribution in [2.24, 2.45) is 0 Å². The van der Waals surface area contributed by atoms with Crippen LogP contribution in [0.5, 0.6) is 0 Å². The standard InChI is InChI=1S/C22H17F6N7O3/c23-21(24,25)15-5-14(6-16(7-15)22(26,27)28)18-31-12-33(32-18)10-17-19(37)35(3-4-36)20(38)34(17)2-1-13-8-29-11-30-9-13/h5-12,36H,1-4H2/b17-10-. The summed E-state index contributed by atoms with van der Waals surface area (Å²) in [6.45, 7) is -0.807. The van der Waals surface area contributed by atoms with Crippen molar-refractivity contribution in [1.29, 1.82) is 0 Å². The number of benzene rings is 1. The largest absolute Gasteiger partial charge is 0.416 e. The van der Waals surface area contributed by atoms with E-state index in [1.165, 1.54) is 18.7 Å². The van der Waals surface area contributed by atoms with Crippen LogP contribution in [0.2, 0.25) is 0 Å². The third-order valence-electron chi connectivity index (χ3n) is 5.39. The first kappa shape index (κ1) is 26.7. The van der Waals surface area contributed by atoms with Crippen LogP contribution in [-0.4, -0.2) is 71.3 Å². The summed E-state index contributed by atoms with van der Waals surface area (Å²) in [4.78, 5) is 39.1. The van der Waals surface area contributed by atoms with Crippen molar-refractivity contribution >= 4 is 18.1 Å². The number of amides is 3. The molecule has 0 spiro atoms. The predicted molar refractivity (Wildman–Crippen MR) is 116 cm³/mol. The summed E-state index contributed by atoms with van der Waals surface area (Å²) in [6, 6.07) is 0.198. The van der Waals surface area contributed by atoms with Gasteiger partial charge < -0.3 is 5.11 Å². The van der Waals surface area contributed by atoms with Gasteiger partial charge in [-0.3, -0.25) is 14.6 Å². The molecule has 4 rings (SSSR count). The van der Waals surface area contributed by atoms with Gasteiger partial charge >= 0.3 is 18.4 Å². The van der Waals surface area contributed by atoms with Gasteiger partial charge in [-0.2, -0.15) is 26.3 Å². The number of halogens is 6. The number of hydrogen-bond acceptors (Lipinski definition) is 7. The van der Waals surface area contributed by atoms with E-state index in [1.807, 2.05) is 0 Å².